The molecule has 0 spiro atoms. The number of nitrogens with one attached hydrogen (secondary N) is 1. The maximum Gasteiger partial charge on any atom is 0.313 e. The fourth-order valence-electron chi connectivity index (χ4n) is 2.74. The van der Waals surface area contributed by atoms with E-state index >= 15 is 0 Å². The van der Waals surface area contributed by atoms with Gasteiger partial charge in [-0.3, -0.25) is 19.2 Å². The van der Waals surface area contributed by atoms with Crippen LogP contribution in [-0.4, -0.2) is 58.3 Å². The lowest BCUT2D eigenvalue weighted by atomic mass is 10.0. The van der Waals surface area contributed by atoms with Gasteiger partial charge in [-0.25, -0.2) is 0 Å². The Kier molecular flexibility index (Phi) is 20.1. The van der Waals surface area contributed by atoms with E-state index in [1.807, 2.05) is 0 Å². The van der Waals surface area contributed by atoms with Crippen LogP contribution in [0.4, 0.5) is 11.4 Å². The van der Waals surface area contributed by atoms with E-state index in [0.717, 1.165) is 0 Å². The van der Waals surface area contributed by atoms with E-state index in [2.05, 4.69) is 5.32 Å². The summed E-state index contributed by atoms with van der Waals surface area (Å²) in [5.74, 6) is -2.37. The number of nitrogen functional groups attached to an aromatic ring is 1. The van der Waals surface area contributed by atoms with Crippen molar-refractivity contribution in [3.05, 3.63) is 47.5 Å². The van der Waals surface area contributed by atoms with Gasteiger partial charge in [0.05, 0.1) is 42.3 Å². The van der Waals surface area contributed by atoms with Crippen LogP contribution in [0.5, 0.6) is 11.5 Å². The average Bonchev–Trinajstić information content (AvgIpc) is 2.91. The van der Waals surface area contributed by atoms with Gasteiger partial charge in [0.2, 0.25) is 11.1 Å². The Morgan fingerprint density at radius 3 is 1.62 bits per heavy atom. The standard InChI is InChI=1S/C13H16ClNO4.C11H15NO3.C2H2Cl2O.CH4/c1-3-19-13(18)8(2)9-4-5-10(11(16)6-9)15-12(17)7-14;1-3-15-11(14)7(2)8-4-5-9(12)10(13)6-8;3-1-2(4)5;/h4-6,8,16H,3,7H2,1-2H3,(H,15,17);4-7,13H,3,12H2,1-2H3;1H2;1H4. The topological polar surface area (TPSA) is 165 Å². The lowest BCUT2D eigenvalue weighted by Crippen LogP contribution is -2.14. The Labute approximate surface area is 249 Å². The molecule has 5 N–H and O–H groups in total. The van der Waals surface area contributed by atoms with Gasteiger partial charge in [-0.15, -0.1) is 23.2 Å². The molecular weight excluding hydrogens is 587 g/mol. The molecule has 0 aromatic heterocycles. The smallest absolute Gasteiger partial charge is 0.313 e. The molecule has 0 heterocycles. The van der Waals surface area contributed by atoms with Crippen molar-refractivity contribution in [2.45, 2.75) is 47.0 Å². The molecule has 2 atom stereocenters. The zero-order valence-corrected chi connectivity index (χ0v) is 24.3. The molecule has 2 rings (SSSR count). The fourth-order valence-corrected chi connectivity index (χ4v) is 2.81. The summed E-state index contributed by atoms with van der Waals surface area (Å²) in [7, 11) is 0. The zero-order chi connectivity index (χ0) is 30.1. The highest BCUT2D eigenvalue weighted by Crippen LogP contribution is 2.29. The number of esters is 2. The van der Waals surface area contributed by atoms with E-state index in [0.29, 0.717) is 30.0 Å². The van der Waals surface area contributed by atoms with Crippen LogP contribution < -0.4 is 11.1 Å². The minimum Gasteiger partial charge on any atom is -0.506 e. The Bertz CT molecular complexity index is 1120. The number of halogens is 3. The van der Waals surface area contributed by atoms with Crippen molar-refractivity contribution in [1.82, 2.24) is 0 Å². The predicted molar refractivity (Wildman–Crippen MR) is 158 cm³/mol. The van der Waals surface area contributed by atoms with E-state index in [9.17, 15) is 29.4 Å². The first kappa shape index (κ1) is 38.9. The molecule has 0 fully saturated rings. The quantitative estimate of drug-likeness (QED) is 0.0927. The molecule has 1 amide bonds. The third kappa shape index (κ3) is 14.3. The van der Waals surface area contributed by atoms with Crippen LogP contribution in [0, 0.1) is 0 Å². The van der Waals surface area contributed by atoms with Crippen molar-refractivity contribution in [2.24, 2.45) is 0 Å². The second-order valence-electron chi connectivity index (χ2n) is 7.71. The number of alkyl halides is 2. The molecule has 0 aliphatic rings. The highest BCUT2D eigenvalue weighted by Gasteiger charge is 2.18. The number of phenolic OH excluding ortho intramolecular Hbond substituents is 2. The van der Waals surface area contributed by atoms with Crippen LogP contribution in [-0.2, 0) is 28.7 Å². The van der Waals surface area contributed by atoms with Crippen molar-refractivity contribution < 1.29 is 38.9 Å². The minimum absolute atomic E-state index is 0. The van der Waals surface area contributed by atoms with Gasteiger partial charge >= 0.3 is 11.9 Å². The van der Waals surface area contributed by atoms with E-state index in [-0.39, 0.29) is 48.3 Å². The van der Waals surface area contributed by atoms with Gasteiger partial charge < -0.3 is 30.7 Å². The first-order valence-corrected chi connectivity index (χ1v) is 13.1. The van der Waals surface area contributed by atoms with Gasteiger partial charge in [-0.05, 0) is 74.7 Å². The Morgan fingerprint density at radius 2 is 1.27 bits per heavy atom. The first-order valence-electron chi connectivity index (χ1n) is 11.7. The van der Waals surface area contributed by atoms with Crippen molar-refractivity contribution in [3.63, 3.8) is 0 Å². The lowest BCUT2D eigenvalue weighted by molar-refractivity contribution is -0.145. The van der Waals surface area contributed by atoms with Crippen LogP contribution in [0.1, 0.15) is 58.1 Å². The molecule has 2 unspecified atom stereocenters. The fraction of sp³-hybridized carbons (Fsp3) is 0.407. The summed E-state index contributed by atoms with van der Waals surface area (Å²) in [6.07, 6.45) is 0. The lowest BCUT2D eigenvalue weighted by Gasteiger charge is -2.13. The Hall–Kier alpha value is -3.21. The summed E-state index contributed by atoms with van der Waals surface area (Å²) >= 11 is 14.9. The number of ether oxygens (including phenoxy) is 2. The largest absolute Gasteiger partial charge is 0.506 e. The molecule has 0 aliphatic heterocycles. The monoisotopic (exact) mass is 622 g/mol. The molecule has 224 valence electrons. The van der Waals surface area contributed by atoms with Crippen LogP contribution >= 0.6 is 34.8 Å². The van der Waals surface area contributed by atoms with E-state index in [1.54, 1.807) is 45.9 Å². The summed E-state index contributed by atoms with van der Waals surface area (Å²) in [5, 5.41) is 21.1. The number of hydrogen-bond donors (Lipinski definition) is 4. The van der Waals surface area contributed by atoms with Gasteiger partial charge in [0.15, 0.2) is 0 Å². The molecule has 2 aromatic rings. The van der Waals surface area contributed by atoms with Gasteiger partial charge in [0, 0.05) is 0 Å². The number of hydrogen-bond acceptors (Lipinski definition) is 9. The average molecular weight is 624 g/mol. The number of rotatable bonds is 9. The van der Waals surface area contributed by atoms with Gasteiger partial charge in [0.25, 0.3) is 0 Å². The molecule has 0 bridgehead atoms. The van der Waals surface area contributed by atoms with E-state index < -0.39 is 23.0 Å². The SMILES string of the molecule is C.CCOC(=O)C(C)c1ccc(N)c(O)c1.CCOC(=O)C(C)c1ccc(NC(=O)CCl)c(O)c1.O=C(Cl)CCl. The molecule has 0 saturated carbocycles. The zero-order valence-electron chi connectivity index (χ0n) is 22.0. The summed E-state index contributed by atoms with van der Waals surface area (Å²) in [4.78, 5) is 43.5. The summed E-state index contributed by atoms with van der Waals surface area (Å²) < 4.78 is 9.78. The highest BCUT2D eigenvalue weighted by molar-refractivity contribution is 6.67. The number of phenols is 2. The normalized spacial score (nSPS) is 11.1. The molecule has 0 aliphatic carbocycles. The third-order valence-corrected chi connectivity index (χ3v) is 5.61. The number of nitrogens with two attached hydrogens (primary N) is 1. The van der Waals surface area contributed by atoms with Crippen molar-refractivity contribution in [3.8, 4) is 11.5 Å². The maximum absolute atomic E-state index is 11.6. The molecule has 2 aromatic carbocycles. The van der Waals surface area contributed by atoms with Crippen molar-refractivity contribution >= 4 is 69.3 Å². The second kappa shape index (κ2) is 20.7. The van der Waals surface area contributed by atoms with Crippen LogP contribution in [0.3, 0.4) is 0 Å². The molecule has 0 radical (unpaired) electrons. The van der Waals surface area contributed by atoms with E-state index in [4.69, 9.17) is 50.0 Å². The van der Waals surface area contributed by atoms with Gasteiger partial charge in [-0.1, -0.05) is 19.6 Å². The Morgan fingerprint density at radius 1 is 0.850 bits per heavy atom. The maximum atomic E-state index is 11.6. The molecule has 0 saturated heterocycles. The van der Waals surface area contributed by atoms with Crippen LogP contribution in [0.25, 0.3) is 0 Å². The second-order valence-corrected chi connectivity index (χ2v) is 8.67. The minimum atomic E-state index is -0.508. The first-order chi connectivity index (χ1) is 18.3. The molecule has 40 heavy (non-hydrogen) atoms. The number of amides is 1. The van der Waals surface area contributed by atoms with Gasteiger partial charge in [-0.2, -0.15) is 0 Å². The molecule has 10 nitrogen and oxygen atoms in total. The predicted octanol–water partition coefficient (Wildman–Crippen LogP) is 5.50. The van der Waals surface area contributed by atoms with E-state index in [1.165, 1.54) is 18.2 Å². The summed E-state index contributed by atoms with van der Waals surface area (Å²) in [6, 6.07) is 9.34. The summed E-state index contributed by atoms with van der Waals surface area (Å²) in [5.41, 5.74) is 7.32. The number of benzene rings is 2. The van der Waals surface area contributed by atoms with Crippen molar-refractivity contribution in [1.29, 1.82) is 0 Å². The number of carbonyl (C=O) groups excluding carboxylic acids is 4. The summed E-state index contributed by atoms with van der Waals surface area (Å²) in [6.45, 7) is 7.55. The van der Waals surface area contributed by atoms with Gasteiger partial charge in [0.1, 0.15) is 17.4 Å². The number of carbonyl (C=O) groups is 4. The number of aromatic hydroxyl groups is 2. The highest BCUT2D eigenvalue weighted by atomic mass is 35.5. The number of anilines is 2. The molecule has 13 heteroatoms. The third-order valence-electron chi connectivity index (χ3n) is 4.86. The van der Waals surface area contributed by atoms with Crippen molar-refractivity contribution in [2.75, 3.05) is 36.0 Å². The van der Waals surface area contributed by atoms with Crippen LogP contribution in [0.2, 0.25) is 0 Å². The molecular formula is C27H37Cl3N2O8. The van der Waals surface area contributed by atoms with Crippen LogP contribution in [0.15, 0.2) is 36.4 Å². The Balaban J connectivity index is 0.